The van der Waals surface area contributed by atoms with E-state index in [0.29, 0.717) is 28.5 Å². The van der Waals surface area contributed by atoms with Gasteiger partial charge in [0, 0.05) is 61.4 Å². The monoisotopic (exact) mass is 602 g/mol. The van der Waals surface area contributed by atoms with Crippen LogP contribution < -0.4 is 10.6 Å². The zero-order valence-electron chi connectivity index (χ0n) is 23.7. The highest BCUT2D eigenvalue weighted by Crippen LogP contribution is 2.30. The minimum absolute atomic E-state index is 0.0810. The van der Waals surface area contributed by atoms with Gasteiger partial charge in [0.05, 0.1) is 12.6 Å². The van der Waals surface area contributed by atoms with Crippen LogP contribution in [0.1, 0.15) is 34.7 Å². The molecule has 0 saturated carbocycles. The van der Waals surface area contributed by atoms with Gasteiger partial charge in [0.15, 0.2) is 0 Å². The number of carbonyl (C=O) groups is 2. The van der Waals surface area contributed by atoms with E-state index in [-0.39, 0.29) is 19.0 Å². The van der Waals surface area contributed by atoms with E-state index >= 15 is 0 Å². The second-order valence-corrected chi connectivity index (χ2v) is 10.5. The molecule has 1 heterocycles. The van der Waals surface area contributed by atoms with E-state index in [1.54, 1.807) is 18.2 Å². The lowest BCUT2D eigenvalue weighted by Gasteiger charge is -2.39. The molecule has 43 heavy (non-hydrogen) atoms. The molecule has 10 heteroatoms. The molecule has 0 radical (unpaired) electrons. The summed E-state index contributed by atoms with van der Waals surface area (Å²) in [7, 11) is 0. The summed E-state index contributed by atoms with van der Waals surface area (Å²) in [6.45, 7) is 4.84. The van der Waals surface area contributed by atoms with Crippen molar-refractivity contribution < 1.29 is 24.5 Å². The number of aliphatic carboxylic acids is 1. The van der Waals surface area contributed by atoms with Gasteiger partial charge in [-0.2, -0.15) is 0 Å². The van der Waals surface area contributed by atoms with Crippen LogP contribution in [0.25, 0.3) is 6.08 Å². The average Bonchev–Trinajstić information content (AvgIpc) is 3.01. The number of hydrazine groups is 1. The predicted octanol–water partition coefficient (Wildman–Crippen LogP) is 4.82. The fourth-order valence-corrected chi connectivity index (χ4v) is 5.04. The second kappa shape index (κ2) is 15.8. The van der Waals surface area contributed by atoms with Crippen molar-refractivity contribution in [2.75, 3.05) is 45.9 Å². The Morgan fingerprint density at radius 2 is 1.70 bits per heavy atom. The molecule has 0 bridgehead atoms. The van der Waals surface area contributed by atoms with Crippen molar-refractivity contribution in [2.24, 2.45) is 5.84 Å². The Labute approximate surface area is 256 Å². The molecule has 3 aromatic rings. The van der Waals surface area contributed by atoms with E-state index in [9.17, 15) is 9.59 Å². The number of benzene rings is 3. The van der Waals surface area contributed by atoms with Crippen LogP contribution in [0.5, 0.6) is 5.75 Å². The van der Waals surface area contributed by atoms with Crippen LogP contribution in [0, 0.1) is 11.8 Å². The maximum atomic E-state index is 11.2. The summed E-state index contributed by atoms with van der Waals surface area (Å²) in [6.07, 6.45) is 1.58. The Balaban J connectivity index is 1.34. The lowest BCUT2D eigenvalue weighted by atomic mass is 9.96. The molecule has 4 N–H and O–H groups in total. The first-order valence-corrected chi connectivity index (χ1v) is 14.4. The molecule has 1 amide bonds. The summed E-state index contributed by atoms with van der Waals surface area (Å²) in [6, 6.07) is 24.0. The van der Waals surface area contributed by atoms with Gasteiger partial charge in [0.25, 0.3) is 0 Å². The van der Waals surface area contributed by atoms with Gasteiger partial charge in [-0.05, 0) is 47.5 Å². The van der Waals surface area contributed by atoms with Crippen molar-refractivity contribution in [3.05, 3.63) is 106 Å². The minimum atomic E-state index is -1.22. The summed E-state index contributed by atoms with van der Waals surface area (Å²) in [5.41, 5.74) is 3.71. The van der Waals surface area contributed by atoms with Crippen LogP contribution in [0.4, 0.5) is 4.79 Å². The van der Waals surface area contributed by atoms with Crippen molar-refractivity contribution in [3.63, 3.8) is 0 Å². The zero-order chi connectivity index (χ0) is 30.6. The van der Waals surface area contributed by atoms with E-state index in [1.165, 1.54) is 17.2 Å². The highest BCUT2D eigenvalue weighted by atomic mass is 35.5. The van der Waals surface area contributed by atoms with Gasteiger partial charge >= 0.3 is 12.1 Å². The molecule has 3 aromatic carbocycles. The number of hydrogen-bond acceptors (Lipinski definition) is 6. The van der Waals surface area contributed by atoms with Crippen molar-refractivity contribution in [1.82, 2.24) is 14.8 Å². The molecule has 4 rings (SSSR count). The SMILES string of the molecule is NN(CCC#Cc1ccc(OCCN2CCN([C@H](c3ccccc3)c3ccc(Cl)cc3)CC2)c(/C=C/C(=O)O)c1)C(=O)O. The Kier molecular flexibility index (Phi) is 11.6. The van der Waals surface area contributed by atoms with Crippen LogP contribution in [0.3, 0.4) is 0 Å². The average molecular weight is 603 g/mol. The third-order valence-electron chi connectivity index (χ3n) is 7.11. The number of nitrogens with zero attached hydrogens (tertiary/aromatic N) is 3. The highest BCUT2D eigenvalue weighted by molar-refractivity contribution is 6.30. The highest BCUT2D eigenvalue weighted by Gasteiger charge is 2.26. The summed E-state index contributed by atoms with van der Waals surface area (Å²) in [4.78, 5) is 26.8. The maximum absolute atomic E-state index is 11.2. The molecule has 224 valence electrons. The molecule has 9 nitrogen and oxygen atoms in total. The molecule has 0 aromatic heterocycles. The van der Waals surface area contributed by atoms with Crippen LogP contribution in [-0.2, 0) is 4.79 Å². The number of nitrogens with two attached hydrogens (primary N) is 1. The number of halogens is 1. The maximum Gasteiger partial charge on any atom is 0.421 e. The quantitative estimate of drug-likeness (QED) is 0.0940. The molecule has 0 aliphatic carbocycles. The molecule has 1 aliphatic rings. The molecule has 1 saturated heterocycles. The second-order valence-electron chi connectivity index (χ2n) is 10.0. The van der Waals surface area contributed by atoms with Crippen molar-refractivity contribution in [3.8, 4) is 17.6 Å². The van der Waals surface area contributed by atoms with Gasteiger partial charge in [-0.1, -0.05) is 65.9 Å². The molecule has 1 atom stereocenters. The number of hydrogen-bond donors (Lipinski definition) is 3. The number of carboxylic acids is 1. The fourth-order valence-electron chi connectivity index (χ4n) is 4.91. The smallest absolute Gasteiger partial charge is 0.421 e. The van der Waals surface area contributed by atoms with Crippen LogP contribution in [0.15, 0.2) is 78.9 Å². The molecule has 0 unspecified atom stereocenters. The largest absolute Gasteiger partial charge is 0.492 e. The zero-order valence-corrected chi connectivity index (χ0v) is 24.5. The number of amides is 1. The molecule has 1 fully saturated rings. The fraction of sp³-hybridized carbons (Fsp3) is 0.273. The van der Waals surface area contributed by atoms with Crippen molar-refractivity contribution in [1.29, 1.82) is 0 Å². The molecule has 1 aliphatic heterocycles. The first-order valence-electron chi connectivity index (χ1n) is 14.0. The first-order chi connectivity index (χ1) is 20.8. The van der Waals surface area contributed by atoms with Crippen molar-refractivity contribution >= 4 is 29.7 Å². The Hall–Kier alpha value is -4.33. The Morgan fingerprint density at radius 3 is 2.37 bits per heavy atom. The topological polar surface area (TPSA) is 120 Å². The lowest BCUT2D eigenvalue weighted by molar-refractivity contribution is -0.131. The Morgan fingerprint density at radius 1 is 1.00 bits per heavy atom. The van der Waals surface area contributed by atoms with Crippen LogP contribution >= 0.6 is 11.6 Å². The minimum Gasteiger partial charge on any atom is -0.492 e. The van der Waals surface area contributed by atoms with Gasteiger partial charge in [-0.25, -0.2) is 20.4 Å². The predicted molar refractivity (Wildman–Crippen MR) is 167 cm³/mol. The summed E-state index contributed by atoms with van der Waals surface area (Å²) >= 11 is 6.16. The first kappa shape index (κ1) is 31.6. The van der Waals surface area contributed by atoms with Gasteiger partial charge < -0.3 is 14.9 Å². The van der Waals surface area contributed by atoms with E-state index in [0.717, 1.165) is 43.8 Å². The molecular formula is C33H35ClN4O5. The van der Waals surface area contributed by atoms with E-state index in [1.807, 2.05) is 18.2 Å². The van der Waals surface area contributed by atoms with E-state index in [4.69, 9.17) is 32.4 Å². The van der Waals surface area contributed by atoms with Crippen LogP contribution in [-0.4, -0.2) is 83.0 Å². The van der Waals surface area contributed by atoms with Gasteiger partial charge in [-0.15, -0.1) is 0 Å². The number of piperazine rings is 1. The van der Waals surface area contributed by atoms with Crippen LogP contribution in [0.2, 0.25) is 5.02 Å². The van der Waals surface area contributed by atoms with Gasteiger partial charge in [0.1, 0.15) is 12.4 Å². The van der Waals surface area contributed by atoms with E-state index in [2.05, 4.69) is 58.0 Å². The third kappa shape index (κ3) is 9.60. The summed E-state index contributed by atoms with van der Waals surface area (Å²) in [5, 5.41) is 19.4. The molecule has 0 spiro atoms. The van der Waals surface area contributed by atoms with Crippen molar-refractivity contribution in [2.45, 2.75) is 12.5 Å². The summed E-state index contributed by atoms with van der Waals surface area (Å²) in [5.74, 6) is 10.7. The van der Waals surface area contributed by atoms with Gasteiger partial charge in [-0.3, -0.25) is 9.80 Å². The Bertz CT molecular complexity index is 1460. The molecular weight excluding hydrogens is 568 g/mol. The summed E-state index contributed by atoms with van der Waals surface area (Å²) < 4.78 is 6.09. The third-order valence-corrected chi connectivity index (χ3v) is 7.36. The standard InChI is InChI=1S/C33H35ClN4O5/c34-29-13-10-27(11-14-29)32(26-7-2-1-3-8-26)37-20-18-36(19-21-37)22-23-43-30-15-9-25(24-28(30)12-16-31(39)40)6-4-5-17-38(35)33(41)42/h1-3,7-16,24,32H,5,17-23,35H2,(H,39,40)(H,41,42)/b16-12+/t32-/m1/s1. The number of ether oxygens (including phenoxy) is 1. The van der Waals surface area contributed by atoms with E-state index < -0.39 is 12.1 Å². The van der Waals surface area contributed by atoms with Gasteiger partial charge in [0.2, 0.25) is 0 Å². The normalized spacial score (nSPS) is 14.6. The lowest BCUT2D eigenvalue weighted by Crippen LogP contribution is -2.48. The number of carboxylic acid groups (broad SMARTS) is 2. The number of rotatable bonds is 11.